The molecule has 0 bridgehead atoms. The van der Waals surface area contributed by atoms with E-state index in [0.717, 1.165) is 36.6 Å². The van der Waals surface area contributed by atoms with Gasteiger partial charge in [-0.1, -0.05) is 17.5 Å². The maximum Gasteiger partial charge on any atom is 0.325 e. The Bertz CT molecular complexity index is 803. The minimum atomic E-state index is -0.202. The number of anilines is 1. The Kier molecular flexibility index (Phi) is 6.21. The number of hydrogen-bond donors (Lipinski definition) is 2. The van der Waals surface area contributed by atoms with E-state index in [9.17, 15) is 4.79 Å². The molecule has 1 aliphatic heterocycles. The predicted octanol–water partition coefficient (Wildman–Crippen LogP) is 3.09. The van der Waals surface area contributed by atoms with Crippen LogP contribution in [0.15, 0.2) is 41.7 Å². The molecule has 2 aromatic heterocycles. The zero-order chi connectivity index (χ0) is 18.4. The van der Waals surface area contributed by atoms with Gasteiger partial charge in [-0.2, -0.15) is 0 Å². The quantitative estimate of drug-likeness (QED) is 0.623. The topological polar surface area (TPSA) is 70.2 Å². The van der Waals surface area contributed by atoms with Crippen molar-refractivity contribution in [1.29, 1.82) is 0 Å². The SMILES string of the molecule is C#Cc1cnc(N2CCC(NC(=O)NSc3cccnc3)CC2)c(Cl)c1. The van der Waals surface area contributed by atoms with E-state index < -0.39 is 0 Å². The highest BCUT2D eigenvalue weighted by molar-refractivity contribution is 7.98. The van der Waals surface area contributed by atoms with Crippen molar-refractivity contribution in [3.05, 3.63) is 47.4 Å². The van der Waals surface area contributed by atoms with Gasteiger partial charge in [-0.3, -0.25) is 9.71 Å². The standard InChI is InChI=1S/C18H18ClN5OS/c1-2-13-10-16(19)17(21-11-13)24-8-5-14(6-9-24)22-18(25)23-26-15-4-3-7-20-12-15/h1,3-4,7,10-12,14H,5-6,8-9H2,(H2,22,23,25). The predicted molar refractivity (Wildman–Crippen MR) is 104 cm³/mol. The number of terminal acetylenes is 1. The molecule has 0 spiro atoms. The van der Waals surface area contributed by atoms with Crippen molar-refractivity contribution in [2.75, 3.05) is 18.0 Å². The third-order valence-corrected chi connectivity index (χ3v) is 5.06. The molecule has 0 aromatic carbocycles. The molecule has 1 fully saturated rings. The second-order valence-electron chi connectivity index (χ2n) is 5.80. The number of amides is 2. The van der Waals surface area contributed by atoms with Gasteiger partial charge in [-0.25, -0.2) is 9.78 Å². The molecule has 3 heterocycles. The van der Waals surface area contributed by atoms with Gasteiger partial charge in [0.2, 0.25) is 0 Å². The molecule has 0 unspecified atom stereocenters. The lowest BCUT2D eigenvalue weighted by Gasteiger charge is -2.33. The second kappa shape index (κ2) is 8.79. The first-order chi connectivity index (χ1) is 12.7. The molecule has 1 aliphatic rings. The molecule has 2 amide bonds. The van der Waals surface area contributed by atoms with Gasteiger partial charge in [0.05, 0.1) is 5.02 Å². The fourth-order valence-electron chi connectivity index (χ4n) is 2.71. The Morgan fingerprint density at radius 1 is 1.38 bits per heavy atom. The molecule has 8 heteroatoms. The number of rotatable bonds is 4. The highest BCUT2D eigenvalue weighted by atomic mass is 35.5. The third kappa shape index (κ3) is 4.81. The van der Waals surface area contributed by atoms with Crippen molar-refractivity contribution >= 4 is 35.4 Å². The van der Waals surface area contributed by atoms with Gasteiger partial charge in [0.25, 0.3) is 0 Å². The maximum atomic E-state index is 12.0. The van der Waals surface area contributed by atoms with Gasteiger partial charge in [-0.15, -0.1) is 6.42 Å². The lowest BCUT2D eigenvalue weighted by atomic mass is 10.1. The summed E-state index contributed by atoms with van der Waals surface area (Å²) in [6.45, 7) is 1.53. The van der Waals surface area contributed by atoms with E-state index in [1.807, 2.05) is 12.1 Å². The monoisotopic (exact) mass is 387 g/mol. The molecule has 0 radical (unpaired) electrons. The Hall–Kier alpha value is -2.43. The van der Waals surface area contributed by atoms with Crippen LogP contribution in [0.25, 0.3) is 0 Å². The number of pyridine rings is 2. The summed E-state index contributed by atoms with van der Waals surface area (Å²) in [5, 5.41) is 3.55. The largest absolute Gasteiger partial charge is 0.355 e. The van der Waals surface area contributed by atoms with Crippen LogP contribution in [0, 0.1) is 12.3 Å². The lowest BCUT2D eigenvalue weighted by Crippen LogP contribution is -2.47. The zero-order valence-electron chi connectivity index (χ0n) is 14.0. The van der Waals surface area contributed by atoms with E-state index in [1.54, 1.807) is 24.7 Å². The lowest BCUT2D eigenvalue weighted by molar-refractivity contribution is 0.240. The maximum absolute atomic E-state index is 12.0. The Labute approximate surface area is 161 Å². The summed E-state index contributed by atoms with van der Waals surface area (Å²) in [5.41, 5.74) is 0.665. The molecule has 0 atom stereocenters. The van der Waals surface area contributed by atoms with Crippen LogP contribution in [-0.2, 0) is 0 Å². The number of nitrogens with zero attached hydrogens (tertiary/aromatic N) is 3. The molecular formula is C18H18ClN5OS. The van der Waals surface area contributed by atoms with Crippen molar-refractivity contribution in [3.8, 4) is 12.3 Å². The van der Waals surface area contributed by atoms with Crippen molar-refractivity contribution in [2.24, 2.45) is 0 Å². The van der Waals surface area contributed by atoms with E-state index in [1.165, 1.54) is 11.9 Å². The zero-order valence-corrected chi connectivity index (χ0v) is 15.6. The van der Waals surface area contributed by atoms with Crippen molar-refractivity contribution in [1.82, 2.24) is 20.0 Å². The molecule has 3 rings (SSSR count). The van der Waals surface area contributed by atoms with Crippen LogP contribution in [0.2, 0.25) is 5.02 Å². The molecule has 1 saturated heterocycles. The van der Waals surface area contributed by atoms with Crippen molar-refractivity contribution in [3.63, 3.8) is 0 Å². The number of carbonyl (C=O) groups excluding carboxylic acids is 1. The number of piperidine rings is 1. The van der Waals surface area contributed by atoms with Gasteiger partial charge < -0.3 is 10.2 Å². The fourth-order valence-corrected chi connectivity index (χ4v) is 3.52. The van der Waals surface area contributed by atoms with Crippen LogP contribution in [0.4, 0.5) is 10.6 Å². The molecular weight excluding hydrogens is 370 g/mol. The smallest absolute Gasteiger partial charge is 0.325 e. The van der Waals surface area contributed by atoms with Crippen LogP contribution < -0.4 is 14.9 Å². The fraction of sp³-hybridized carbons (Fsp3) is 0.278. The van der Waals surface area contributed by atoms with Gasteiger partial charge in [0.1, 0.15) is 5.82 Å². The minimum Gasteiger partial charge on any atom is -0.355 e. The normalized spacial score (nSPS) is 14.5. The van der Waals surface area contributed by atoms with E-state index >= 15 is 0 Å². The second-order valence-corrected chi connectivity index (χ2v) is 7.09. The minimum absolute atomic E-state index is 0.115. The third-order valence-electron chi connectivity index (χ3n) is 4.01. The van der Waals surface area contributed by atoms with Gasteiger partial charge >= 0.3 is 6.03 Å². The Balaban J connectivity index is 1.46. The molecule has 134 valence electrons. The molecule has 2 N–H and O–H groups in total. The van der Waals surface area contributed by atoms with Crippen molar-refractivity contribution < 1.29 is 4.79 Å². The van der Waals surface area contributed by atoms with E-state index in [4.69, 9.17) is 18.0 Å². The first-order valence-electron chi connectivity index (χ1n) is 8.16. The summed E-state index contributed by atoms with van der Waals surface area (Å²) in [7, 11) is 0. The first-order valence-corrected chi connectivity index (χ1v) is 9.35. The number of carbonyl (C=O) groups is 1. The van der Waals surface area contributed by atoms with Crippen molar-refractivity contribution in [2.45, 2.75) is 23.8 Å². The number of aromatic nitrogens is 2. The summed E-state index contributed by atoms with van der Waals surface area (Å²) in [6, 6.07) is 5.37. The molecule has 0 saturated carbocycles. The number of hydrogen-bond acceptors (Lipinski definition) is 5. The average molecular weight is 388 g/mol. The molecule has 26 heavy (non-hydrogen) atoms. The van der Waals surface area contributed by atoms with Crippen LogP contribution in [0.5, 0.6) is 0 Å². The number of nitrogens with one attached hydrogen (secondary N) is 2. The van der Waals surface area contributed by atoms with E-state index in [2.05, 4.69) is 30.8 Å². The van der Waals surface area contributed by atoms with E-state index in [-0.39, 0.29) is 12.1 Å². The Morgan fingerprint density at radius 3 is 2.85 bits per heavy atom. The van der Waals surface area contributed by atoms with Crippen LogP contribution in [0.1, 0.15) is 18.4 Å². The summed E-state index contributed by atoms with van der Waals surface area (Å²) in [6.07, 6.45) is 12.0. The number of halogens is 1. The summed E-state index contributed by atoms with van der Waals surface area (Å²) >= 11 is 7.52. The Morgan fingerprint density at radius 2 is 2.19 bits per heavy atom. The van der Waals surface area contributed by atoms with Crippen LogP contribution in [-0.4, -0.2) is 35.1 Å². The van der Waals surface area contributed by atoms with Gasteiger partial charge in [0, 0.05) is 48.2 Å². The number of urea groups is 1. The first kappa shape index (κ1) is 18.4. The van der Waals surface area contributed by atoms with Crippen LogP contribution >= 0.6 is 23.5 Å². The van der Waals surface area contributed by atoms with E-state index in [0.29, 0.717) is 10.6 Å². The molecule has 0 aliphatic carbocycles. The molecule has 6 nitrogen and oxygen atoms in total. The van der Waals surface area contributed by atoms with Gasteiger partial charge in [0.15, 0.2) is 0 Å². The average Bonchev–Trinajstić information content (AvgIpc) is 2.68. The van der Waals surface area contributed by atoms with Gasteiger partial charge in [-0.05, 0) is 43.0 Å². The highest BCUT2D eigenvalue weighted by Crippen LogP contribution is 2.26. The summed E-state index contributed by atoms with van der Waals surface area (Å²) in [5.74, 6) is 3.26. The van der Waals surface area contributed by atoms with Crippen LogP contribution in [0.3, 0.4) is 0 Å². The molecule has 2 aromatic rings. The summed E-state index contributed by atoms with van der Waals surface area (Å²) in [4.78, 5) is 23.4. The summed E-state index contributed by atoms with van der Waals surface area (Å²) < 4.78 is 2.77. The highest BCUT2D eigenvalue weighted by Gasteiger charge is 2.23.